The SMILES string of the molecule is NC1CCC(CNc2ncc(Cl)cc2F)C1. The Kier molecular flexibility index (Phi) is 3.61. The predicted molar refractivity (Wildman–Crippen MR) is 63.0 cm³/mol. The van der Waals surface area contributed by atoms with E-state index in [2.05, 4.69) is 10.3 Å². The summed E-state index contributed by atoms with van der Waals surface area (Å²) in [7, 11) is 0. The van der Waals surface area contributed by atoms with Crippen molar-refractivity contribution >= 4 is 17.4 Å². The van der Waals surface area contributed by atoms with Gasteiger partial charge in [0.2, 0.25) is 0 Å². The van der Waals surface area contributed by atoms with Crippen molar-refractivity contribution in [2.24, 2.45) is 11.7 Å². The monoisotopic (exact) mass is 243 g/mol. The van der Waals surface area contributed by atoms with Gasteiger partial charge in [0.1, 0.15) is 0 Å². The molecule has 2 rings (SSSR count). The van der Waals surface area contributed by atoms with Crippen molar-refractivity contribution < 1.29 is 4.39 Å². The number of anilines is 1. The zero-order chi connectivity index (χ0) is 11.5. The van der Waals surface area contributed by atoms with Crippen LogP contribution in [0.2, 0.25) is 5.02 Å². The second-order valence-electron chi connectivity index (χ2n) is 4.30. The van der Waals surface area contributed by atoms with Gasteiger partial charge in [-0.05, 0) is 31.2 Å². The number of hydrogen-bond donors (Lipinski definition) is 2. The van der Waals surface area contributed by atoms with Crippen LogP contribution in [0.3, 0.4) is 0 Å². The average molecular weight is 244 g/mol. The van der Waals surface area contributed by atoms with E-state index in [1.54, 1.807) is 0 Å². The van der Waals surface area contributed by atoms with Crippen molar-refractivity contribution in [1.29, 1.82) is 0 Å². The van der Waals surface area contributed by atoms with Crippen LogP contribution in [-0.2, 0) is 0 Å². The zero-order valence-corrected chi connectivity index (χ0v) is 9.67. The molecule has 0 spiro atoms. The first-order valence-electron chi connectivity index (χ1n) is 5.45. The van der Waals surface area contributed by atoms with Gasteiger partial charge in [-0.25, -0.2) is 9.37 Å². The maximum Gasteiger partial charge on any atom is 0.166 e. The summed E-state index contributed by atoms with van der Waals surface area (Å²) < 4.78 is 13.4. The molecule has 1 aromatic heterocycles. The first-order chi connectivity index (χ1) is 7.65. The molecule has 1 aliphatic rings. The van der Waals surface area contributed by atoms with Gasteiger partial charge in [0, 0.05) is 18.8 Å². The van der Waals surface area contributed by atoms with Crippen molar-refractivity contribution in [3.05, 3.63) is 23.1 Å². The summed E-state index contributed by atoms with van der Waals surface area (Å²) in [6, 6.07) is 1.56. The Labute approximate surface area is 99.2 Å². The zero-order valence-electron chi connectivity index (χ0n) is 8.92. The third-order valence-corrected chi connectivity index (χ3v) is 3.15. The molecule has 5 heteroatoms. The van der Waals surface area contributed by atoms with E-state index < -0.39 is 5.82 Å². The van der Waals surface area contributed by atoms with Crippen LogP contribution in [0.15, 0.2) is 12.3 Å². The number of aromatic nitrogens is 1. The number of nitrogens with zero attached hydrogens (tertiary/aromatic N) is 1. The second kappa shape index (κ2) is 4.97. The van der Waals surface area contributed by atoms with Crippen molar-refractivity contribution in [3.63, 3.8) is 0 Å². The first kappa shape index (κ1) is 11.6. The van der Waals surface area contributed by atoms with Crippen LogP contribution in [-0.4, -0.2) is 17.6 Å². The Morgan fingerprint density at radius 1 is 1.56 bits per heavy atom. The fraction of sp³-hybridized carbons (Fsp3) is 0.545. The Bertz CT molecular complexity index is 372. The maximum absolute atomic E-state index is 13.4. The van der Waals surface area contributed by atoms with Crippen LogP contribution in [0.1, 0.15) is 19.3 Å². The molecule has 1 aliphatic carbocycles. The van der Waals surface area contributed by atoms with E-state index >= 15 is 0 Å². The summed E-state index contributed by atoms with van der Waals surface area (Å²) in [5.74, 6) is 0.381. The molecule has 2 unspecified atom stereocenters. The Morgan fingerprint density at radius 3 is 3.00 bits per heavy atom. The van der Waals surface area contributed by atoms with Crippen molar-refractivity contribution in [1.82, 2.24) is 4.98 Å². The van der Waals surface area contributed by atoms with E-state index in [4.69, 9.17) is 17.3 Å². The molecular formula is C11H15ClFN3. The minimum atomic E-state index is -0.408. The third-order valence-electron chi connectivity index (χ3n) is 2.95. The molecule has 3 N–H and O–H groups in total. The molecule has 1 fully saturated rings. The summed E-state index contributed by atoms with van der Waals surface area (Å²) in [4.78, 5) is 3.91. The van der Waals surface area contributed by atoms with E-state index in [1.807, 2.05) is 0 Å². The maximum atomic E-state index is 13.4. The fourth-order valence-electron chi connectivity index (χ4n) is 2.08. The molecule has 88 valence electrons. The van der Waals surface area contributed by atoms with E-state index in [-0.39, 0.29) is 5.82 Å². The normalized spacial score (nSPS) is 24.7. The molecule has 0 bridgehead atoms. The highest BCUT2D eigenvalue weighted by molar-refractivity contribution is 6.30. The molecular weight excluding hydrogens is 229 g/mol. The lowest BCUT2D eigenvalue weighted by Crippen LogP contribution is -2.18. The number of nitrogens with one attached hydrogen (secondary N) is 1. The summed E-state index contributed by atoms with van der Waals surface area (Å²) in [5, 5.41) is 3.31. The lowest BCUT2D eigenvalue weighted by Gasteiger charge is -2.11. The summed E-state index contributed by atoms with van der Waals surface area (Å²) in [6.07, 6.45) is 4.60. The Hall–Kier alpha value is -0.870. The quantitative estimate of drug-likeness (QED) is 0.857. The lowest BCUT2D eigenvalue weighted by molar-refractivity contribution is 0.559. The van der Waals surface area contributed by atoms with Gasteiger partial charge in [-0.2, -0.15) is 0 Å². The number of hydrogen-bond acceptors (Lipinski definition) is 3. The number of halogens is 2. The molecule has 0 saturated heterocycles. The highest BCUT2D eigenvalue weighted by Gasteiger charge is 2.21. The number of rotatable bonds is 3. The second-order valence-corrected chi connectivity index (χ2v) is 4.74. The molecule has 1 saturated carbocycles. The number of pyridine rings is 1. The summed E-state index contributed by atoms with van der Waals surface area (Å²) in [5.41, 5.74) is 5.81. The Morgan fingerprint density at radius 2 is 2.38 bits per heavy atom. The highest BCUT2D eigenvalue weighted by atomic mass is 35.5. The molecule has 1 heterocycles. The van der Waals surface area contributed by atoms with Gasteiger partial charge in [-0.15, -0.1) is 0 Å². The molecule has 16 heavy (non-hydrogen) atoms. The van der Waals surface area contributed by atoms with Crippen LogP contribution in [0.4, 0.5) is 10.2 Å². The summed E-state index contributed by atoms with van der Waals surface area (Å²) in [6.45, 7) is 0.721. The van der Waals surface area contributed by atoms with Gasteiger partial charge in [-0.3, -0.25) is 0 Å². The molecule has 0 radical (unpaired) electrons. The third kappa shape index (κ3) is 2.83. The first-order valence-corrected chi connectivity index (χ1v) is 5.83. The van der Waals surface area contributed by atoms with Gasteiger partial charge < -0.3 is 11.1 Å². The highest BCUT2D eigenvalue weighted by Crippen LogP contribution is 2.24. The van der Waals surface area contributed by atoms with Crippen LogP contribution in [0, 0.1) is 11.7 Å². The van der Waals surface area contributed by atoms with E-state index in [0.29, 0.717) is 17.0 Å². The van der Waals surface area contributed by atoms with E-state index in [9.17, 15) is 4.39 Å². The van der Waals surface area contributed by atoms with E-state index in [1.165, 1.54) is 12.3 Å². The molecule has 0 aromatic carbocycles. The largest absolute Gasteiger partial charge is 0.367 e. The molecule has 3 nitrogen and oxygen atoms in total. The summed E-state index contributed by atoms with van der Waals surface area (Å²) >= 11 is 5.62. The number of nitrogens with two attached hydrogens (primary N) is 1. The Balaban J connectivity index is 1.89. The lowest BCUT2D eigenvalue weighted by atomic mass is 10.1. The van der Waals surface area contributed by atoms with Gasteiger partial charge in [0.25, 0.3) is 0 Å². The minimum Gasteiger partial charge on any atom is -0.367 e. The van der Waals surface area contributed by atoms with Crippen LogP contribution in [0.5, 0.6) is 0 Å². The smallest absolute Gasteiger partial charge is 0.166 e. The van der Waals surface area contributed by atoms with Crippen molar-refractivity contribution in [2.75, 3.05) is 11.9 Å². The van der Waals surface area contributed by atoms with Crippen molar-refractivity contribution in [2.45, 2.75) is 25.3 Å². The van der Waals surface area contributed by atoms with Crippen LogP contribution in [0.25, 0.3) is 0 Å². The van der Waals surface area contributed by atoms with Crippen LogP contribution < -0.4 is 11.1 Å². The predicted octanol–water partition coefficient (Wildman–Crippen LogP) is 2.41. The fourth-order valence-corrected chi connectivity index (χ4v) is 2.23. The van der Waals surface area contributed by atoms with Gasteiger partial charge >= 0.3 is 0 Å². The molecule has 1 aromatic rings. The van der Waals surface area contributed by atoms with E-state index in [0.717, 1.165) is 25.8 Å². The molecule has 0 aliphatic heterocycles. The molecule has 2 atom stereocenters. The van der Waals surface area contributed by atoms with Gasteiger partial charge in [-0.1, -0.05) is 11.6 Å². The minimum absolute atomic E-state index is 0.268. The molecule has 0 amide bonds. The van der Waals surface area contributed by atoms with Gasteiger partial charge in [0.15, 0.2) is 11.6 Å². The van der Waals surface area contributed by atoms with Gasteiger partial charge in [0.05, 0.1) is 5.02 Å². The topological polar surface area (TPSA) is 50.9 Å². The van der Waals surface area contributed by atoms with Crippen LogP contribution >= 0.6 is 11.6 Å². The standard InChI is InChI=1S/C11H15ClFN3/c12-8-4-10(13)11(16-6-8)15-5-7-1-2-9(14)3-7/h4,6-7,9H,1-3,5,14H2,(H,15,16). The average Bonchev–Trinajstić information content (AvgIpc) is 2.63. The van der Waals surface area contributed by atoms with Crippen molar-refractivity contribution in [3.8, 4) is 0 Å².